The first-order chi connectivity index (χ1) is 12.1. The fourth-order valence-electron chi connectivity index (χ4n) is 3.57. The summed E-state index contributed by atoms with van der Waals surface area (Å²) >= 11 is 0. The van der Waals surface area contributed by atoms with Gasteiger partial charge < -0.3 is 10.3 Å². The molecule has 0 radical (unpaired) electrons. The molecule has 0 amide bonds. The molecule has 126 valence electrons. The lowest BCUT2D eigenvalue weighted by Gasteiger charge is -2.24. The Morgan fingerprint density at radius 1 is 1.20 bits per heavy atom. The third-order valence-electron chi connectivity index (χ3n) is 4.64. The summed E-state index contributed by atoms with van der Waals surface area (Å²) in [7, 11) is 0. The summed E-state index contributed by atoms with van der Waals surface area (Å²) in [5.74, 6) is 1.21. The van der Waals surface area contributed by atoms with Crippen LogP contribution in [-0.4, -0.2) is 25.3 Å². The van der Waals surface area contributed by atoms with Gasteiger partial charge in [0, 0.05) is 37.7 Å². The Morgan fingerprint density at radius 3 is 2.80 bits per heavy atom. The summed E-state index contributed by atoms with van der Waals surface area (Å²) in [5, 5.41) is 0. The van der Waals surface area contributed by atoms with Gasteiger partial charge in [0.2, 0.25) is 5.95 Å². The lowest BCUT2D eigenvalue weighted by molar-refractivity contribution is 0.0960. The summed E-state index contributed by atoms with van der Waals surface area (Å²) in [6, 6.07) is 10.2. The van der Waals surface area contributed by atoms with Gasteiger partial charge >= 0.3 is 0 Å². The van der Waals surface area contributed by atoms with E-state index in [1.165, 1.54) is 5.56 Å². The van der Waals surface area contributed by atoms with E-state index in [-0.39, 0.29) is 17.6 Å². The molecule has 2 N–H and O–H groups in total. The van der Waals surface area contributed by atoms with Crippen LogP contribution in [0.25, 0.3) is 0 Å². The van der Waals surface area contributed by atoms with Crippen molar-refractivity contribution < 1.29 is 4.79 Å². The maximum absolute atomic E-state index is 12.6. The van der Waals surface area contributed by atoms with Crippen LogP contribution in [0.5, 0.6) is 0 Å². The molecule has 25 heavy (non-hydrogen) atoms. The molecular weight excluding hydrogens is 314 g/mol. The van der Waals surface area contributed by atoms with Crippen LogP contribution in [0.4, 0.5) is 5.95 Å². The number of benzene rings is 1. The third-order valence-corrected chi connectivity index (χ3v) is 4.64. The maximum atomic E-state index is 12.6. The first-order valence-electron chi connectivity index (χ1n) is 8.33. The van der Waals surface area contributed by atoms with Crippen molar-refractivity contribution in [3.05, 3.63) is 71.1 Å². The van der Waals surface area contributed by atoms with Crippen molar-refractivity contribution in [3.8, 4) is 0 Å². The van der Waals surface area contributed by atoms with Crippen LogP contribution in [0.2, 0.25) is 0 Å². The molecule has 0 saturated heterocycles. The van der Waals surface area contributed by atoms with Crippen molar-refractivity contribution >= 4 is 11.7 Å². The number of nitrogen functional groups attached to an aromatic ring is 1. The predicted molar refractivity (Wildman–Crippen MR) is 94.3 cm³/mol. The lowest BCUT2D eigenvalue weighted by atomic mass is 9.84. The quantitative estimate of drug-likeness (QED) is 0.796. The molecule has 1 aromatic carbocycles. The van der Waals surface area contributed by atoms with Crippen molar-refractivity contribution in [2.24, 2.45) is 0 Å². The minimum Gasteiger partial charge on any atom is -0.368 e. The molecule has 0 bridgehead atoms. The number of anilines is 1. The Morgan fingerprint density at radius 2 is 2.00 bits per heavy atom. The van der Waals surface area contributed by atoms with E-state index in [4.69, 9.17) is 5.73 Å². The molecule has 1 aliphatic carbocycles. The summed E-state index contributed by atoms with van der Waals surface area (Å²) in [4.78, 5) is 25.6. The number of nitrogens with zero attached hydrogens (tertiary/aromatic N) is 4. The van der Waals surface area contributed by atoms with Crippen LogP contribution >= 0.6 is 0 Å². The second-order valence-electron chi connectivity index (χ2n) is 6.42. The van der Waals surface area contributed by atoms with E-state index in [9.17, 15) is 4.79 Å². The first-order valence-corrected chi connectivity index (χ1v) is 8.33. The molecule has 0 aliphatic heterocycles. The molecule has 0 spiro atoms. The molecule has 0 saturated carbocycles. The molecule has 2 aromatic heterocycles. The van der Waals surface area contributed by atoms with Gasteiger partial charge in [-0.25, -0.2) is 15.0 Å². The number of nitrogens with two attached hydrogens (primary N) is 1. The standard InChI is InChI=1S/C19H19N5O/c1-12-17-15(23-19(20)22-12)9-14(10-16(17)25)18-21-7-8-24(18)11-13-5-3-2-4-6-13/h2-8,14H,9-11H2,1H3,(H2,20,22,23). The summed E-state index contributed by atoms with van der Waals surface area (Å²) < 4.78 is 2.11. The van der Waals surface area contributed by atoms with E-state index in [1.54, 1.807) is 6.20 Å². The zero-order valence-electron chi connectivity index (χ0n) is 14.0. The minimum atomic E-state index is 0.00686. The third kappa shape index (κ3) is 2.91. The molecule has 3 aromatic rings. The zero-order valence-corrected chi connectivity index (χ0v) is 14.0. The SMILES string of the molecule is Cc1nc(N)nc2c1C(=O)CC(c1nccn1Cc1ccccc1)C2. The highest BCUT2D eigenvalue weighted by Crippen LogP contribution is 2.32. The molecule has 0 fully saturated rings. The van der Waals surface area contributed by atoms with Crippen LogP contribution in [0.1, 0.15) is 45.5 Å². The van der Waals surface area contributed by atoms with Crippen molar-refractivity contribution in [1.82, 2.24) is 19.5 Å². The van der Waals surface area contributed by atoms with Gasteiger partial charge in [-0.05, 0) is 12.5 Å². The summed E-state index contributed by atoms with van der Waals surface area (Å²) in [6.45, 7) is 2.55. The molecule has 1 atom stereocenters. The number of aryl methyl sites for hydroxylation is 1. The number of rotatable bonds is 3. The summed E-state index contributed by atoms with van der Waals surface area (Å²) in [6.07, 6.45) is 4.83. The largest absolute Gasteiger partial charge is 0.368 e. The van der Waals surface area contributed by atoms with Crippen molar-refractivity contribution in [1.29, 1.82) is 0 Å². The van der Waals surface area contributed by atoms with Crippen molar-refractivity contribution in [3.63, 3.8) is 0 Å². The van der Waals surface area contributed by atoms with Crippen LogP contribution in [0.15, 0.2) is 42.7 Å². The van der Waals surface area contributed by atoms with Crippen LogP contribution < -0.4 is 5.73 Å². The fraction of sp³-hybridized carbons (Fsp3) is 0.263. The average Bonchev–Trinajstić information content (AvgIpc) is 3.02. The van der Waals surface area contributed by atoms with E-state index in [0.29, 0.717) is 24.1 Å². The summed E-state index contributed by atoms with van der Waals surface area (Å²) in [5.41, 5.74) is 9.00. The second-order valence-corrected chi connectivity index (χ2v) is 6.42. The number of carbonyl (C=O) groups is 1. The number of aromatic nitrogens is 4. The number of hydrogen-bond acceptors (Lipinski definition) is 5. The number of carbonyl (C=O) groups excluding carboxylic acids is 1. The fourth-order valence-corrected chi connectivity index (χ4v) is 3.57. The maximum Gasteiger partial charge on any atom is 0.220 e. The van der Waals surface area contributed by atoms with E-state index >= 15 is 0 Å². The Bertz CT molecular complexity index is 932. The topological polar surface area (TPSA) is 86.7 Å². The van der Waals surface area contributed by atoms with Gasteiger partial charge in [-0.1, -0.05) is 30.3 Å². The van der Waals surface area contributed by atoms with Gasteiger partial charge in [0.1, 0.15) is 5.82 Å². The highest BCUT2D eigenvalue weighted by Gasteiger charge is 2.31. The van der Waals surface area contributed by atoms with Crippen LogP contribution in [0, 0.1) is 6.92 Å². The molecule has 2 heterocycles. The van der Waals surface area contributed by atoms with Crippen molar-refractivity contribution in [2.45, 2.75) is 32.2 Å². The number of hydrogen-bond donors (Lipinski definition) is 1. The number of Topliss-reactive ketones (excluding diaryl/α,β-unsaturated/α-hetero) is 1. The van der Waals surface area contributed by atoms with E-state index in [0.717, 1.165) is 18.1 Å². The van der Waals surface area contributed by atoms with Gasteiger partial charge in [0.15, 0.2) is 5.78 Å². The van der Waals surface area contributed by atoms with Gasteiger partial charge in [-0.2, -0.15) is 0 Å². The molecule has 6 heteroatoms. The van der Waals surface area contributed by atoms with Crippen molar-refractivity contribution in [2.75, 3.05) is 5.73 Å². The Kier molecular flexibility index (Phi) is 3.80. The monoisotopic (exact) mass is 333 g/mol. The first kappa shape index (κ1) is 15.5. The van der Waals surface area contributed by atoms with Crippen LogP contribution in [0.3, 0.4) is 0 Å². The van der Waals surface area contributed by atoms with Gasteiger partial charge in [-0.3, -0.25) is 4.79 Å². The molecule has 4 rings (SSSR count). The van der Waals surface area contributed by atoms with Gasteiger partial charge in [0.05, 0.1) is 17.0 Å². The molecule has 1 aliphatic rings. The van der Waals surface area contributed by atoms with E-state index in [2.05, 4.69) is 31.7 Å². The lowest BCUT2D eigenvalue weighted by Crippen LogP contribution is -2.25. The van der Waals surface area contributed by atoms with Gasteiger partial charge in [-0.15, -0.1) is 0 Å². The number of ketones is 1. The highest BCUT2D eigenvalue weighted by atomic mass is 16.1. The molecule has 1 unspecified atom stereocenters. The van der Waals surface area contributed by atoms with E-state index < -0.39 is 0 Å². The Labute approximate surface area is 145 Å². The average molecular weight is 333 g/mol. The molecular formula is C19H19N5O. The Hall–Kier alpha value is -3.02. The highest BCUT2D eigenvalue weighted by molar-refractivity contribution is 5.99. The van der Waals surface area contributed by atoms with Crippen LogP contribution in [-0.2, 0) is 13.0 Å². The number of fused-ring (bicyclic) bond motifs is 1. The second kappa shape index (κ2) is 6.12. The Balaban J connectivity index is 1.66. The normalized spacial score (nSPS) is 16.7. The van der Waals surface area contributed by atoms with Gasteiger partial charge in [0.25, 0.3) is 0 Å². The minimum absolute atomic E-state index is 0.00686. The van der Waals surface area contributed by atoms with E-state index in [1.807, 2.05) is 31.3 Å². The molecule has 6 nitrogen and oxygen atoms in total. The number of imidazole rings is 1. The zero-order chi connectivity index (χ0) is 17.4. The predicted octanol–water partition coefficient (Wildman–Crippen LogP) is 2.52. The smallest absolute Gasteiger partial charge is 0.220 e.